The third-order valence-corrected chi connectivity index (χ3v) is 5.59. The van der Waals surface area contributed by atoms with Crippen molar-refractivity contribution < 1.29 is 0 Å². The molecule has 5 rings (SSSR count). The highest BCUT2D eigenvalue weighted by Crippen LogP contribution is 2.41. The third-order valence-electron chi connectivity index (χ3n) is 4.33. The quantitative estimate of drug-likeness (QED) is 0.355. The van der Waals surface area contributed by atoms with Crippen LogP contribution >= 0.6 is 11.3 Å². The Morgan fingerprint density at radius 2 is 1.48 bits per heavy atom. The summed E-state index contributed by atoms with van der Waals surface area (Å²) in [4.78, 5) is 4.67. The Kier molecular flexibility index (Phi) is 2.73. The average molecular weight is 311 g/mol. The van der Waals surface area contributed by atoms with Crippen molar-refractivity contribution in [1.82, 2.24) is 4.98 Å². The molecule has 0 unspecified atom stereocenters. The molecule has 0 saturated heterocycles. The van der Waals surface area contributed by atoms with Crippen molar-refractivity contribution in [2.24, 2.45) is 0 Å². The van der Waals surface area contributed by atoms with Crippen LogP contribution in [0, 0.1) is 0 Å². The largest absolute Gasteiger partial charge is 0.255 e. The molecule has 2 aromatic heterocycles. The summed E-state index contributed by atoms with van der Waals surface area (Å²) in [5.74, 6) is 0. The van der Waals surface area contributed by atoms with Crippen molar-refractivity contribution in [3.63, 3.8) is 0 Å². The minimum atomic E-state index is 1.11. The summed E-state index contributed by atoms with van der Waals surface area (Å²) in [5, 5.41) is 3.85. The van der Waals surface area contributed by atoms with E-state index in [1.807, 2.05) is 17.5 Å². The zero-order valence-electron chi connectivity index (χ0n) is 12.4. The van der Waals surface area contributed by atoms with Crippen molar-refractivity contribution in [1.29, 1.82) is 0 Å². The summed E-state index contributed by atoms with van der Waals surface area (Å²) in [6.07, 6.45) is 1.92. The topological polar surface area (TPSA) is 12.9 Å². The first-order valence-corrected chi connectivity index (χ1v) is 8.48. The van der Waals surface area contributed by atoms with Gasteiger partial charge >= 0.3 is 0 Å². The molecule has 0 atom stereocenters. The second-order valence-electron chi connectivity index (χ2n) is 5.67. The van der Waals surface area contributed by atoms with Crippen molar-refractivity contribution in [3.05, 3.63) is 79.0 Å². The van der Waals surface area contributed by atoms with Gasteiger partial charge in [0.05, 0.1) is 10.2 Å². The molecule has 3 aromatic carbocycles. The van der Waals surface area contributed by atoms with Gasteiger partial charge in [-0.05, 0) is 22.4 Å². The summed E-state index contributed by atoms with van der Waals surface area (Å²) in [6.45, 7) is 0. The van der Waals surface area contributed by atoms with E-state index in [9.17, 15) is 0 Å². The maximum atomic E-state index is 4.67. The molecule has 2 heterocycles. The van der Waals surface area contributed by atoms with Gasteiger partial charge in [0, 0.05) is 21.8 Å². The molecule has 0 fully saturated rings. The molecular formula is C21H13NS. The van der Waals surface area contributed by atoms with Crippen LogP contribution < -0.4 is 0 Å². The highest BCUT2D eigenvalue weighted by Gasteiger charge is 2.12. The van der Waals surface area contributed by atoms with Crippen LogP contribution in [0.2, 0.25) is 0 Å². The molecule has 0 radical (unpaired) electrons. The second-order valence-corrected chi connectivity index (χ2v) is 6.69. The van der Waals surface area contributed by atoms with E-state index >= 15 is 0 Å². The van der Waals surface area contributed by atoms with Crippen LogP contribution in [0.1, 0.15) is 0 Å². The molecule has 5 aromatic rings. The number of hydrogen-bond donors (Lipinski definition) is 0. The molecule has 2 heteroatoms. The highest BCUT2D eigenvalue weighted by atomic mass is 32.1. The maximum Gasteiger partial charge on any atom is 0.0894 e. The molecule has 0 amide bonds. The Hall–Kier alpha value is -2.71. The lowest BCUT2D eigenvalue weighted by Gasteiger charge is -2.02. The van der Waals surface area contributed by atoms with E-state index < -0.39 is 0 Å². The minimum absolute atomic E-state index is 1.11. The zero-order chi connectivity index (χ0) is 15.2. The second kappa shape index (κ2) is 4.90. The van der Waals surface area contributed by atoms with Crippen LogP contribution in [0.5, 0.6) is 0 Å². The lowest BCUT2D eigenvalue weighted by atomic mass is 10.0. The highest BCUT2D eigenvalue weighted by molar-refractivity contribution is 7.27. The normalized spacial score (nSPS) is 11.5. The Labute approximate surface area is 137 Å². The number of hydrogen-bond acceptors (Lipinski definition) is 2. The lowest BCUT2D eigenvalue weighted by molar-refractivity contribution is 1.44. The molecule has 0 bridgehead atoms. The number of benzene rings is 3. The van der Waals surface area contributed by atoms with E-state index in [1.54, 1.807) is 0 Å². The van der Waals surface area contributed by atoms with Crippen LogP contribution in [-0.4, -0.2) is 4.98 Å². The Balaban J connectivity index is 1.95. The van der Waals surface area contributed by atoms with Gasteiger partial charge in [-0.25, -0.2) is 0 Å². The fraction of sp³-hybridized carbons (Fsp3) is 0. The standard InChI is InChI=1S/C21H13NS/c1-2-6-14(7-3-1)17-12-13-22-19-18-11-10-15-8-4-5-9-16(15)20(18)23-21(17)19/h1-13H. The summed E-state index contributed by atoms with van der Waals surface area (Å²) in [5.41, 5.74) is 3.62. The van der Waals surface area contributed by atoms with E-state index in [4.69, 9.17) is 0 Å². The van der Waals surface area contributed by atoms with Crippen LogP contribution in [0.3, 0.4) is 0 Å². The summed E-state index contributed by atoms with van der Waals surface area (Å²) in [7, 11) is 0. The van der Waals surface area contributed by atoms with Crippen LogP contribution in [0.25, 0.3) is 42.2 Å². The van der Waals surface area contributed by atoms with Crippen molar-refractivity contribution in [3.8, 4) is 11.1 Å². The number of nitrogens with zero attached hydrogens (tertiary/aromatic N) is 1. The molecule has 0 aliphatic carbocycles. The fourth-order valence-electron chi connectivity index (χ4n) is 3.23. The SMILES string of the molecule is c1ccc(-c2ccnc3c2sc2c4ccccc4ccc32)cc1. The van der Waals surface area contributed by atoms with Crippen molar-refractivity contribution >= 4 is 42.4 Å². The Morgan fingerprint density at radius 1 is 0.652 bits per heavy atom. The van der Waals surface area contributed by atoms with Crippen LogP contribution in [0.15, 0.2) is 79.0 Å². The van der Waals surface area contributed by atoms with E-state index in [1.165, 1.54) is 36.7 Å². The van der Waals surface area contributed by atoms with Crippen molar-refractivity contribution in [2.45, 2.75) is 0 Å². The zero-order valence-corrected chi connectivity index (χ0v) is 13.2. The van der Waals surface area contributed by atoms with Gasteiger partial charge in [0.25, 0.3) is 0 Å². The first-order chi connectivity index (χ1) is 11.4. The molecular weight excluding hydrogens is 298 g/mol. The first-order valence-electron chi connectivity index (χ1n) is 7.66. The third kappa shape index (κ3) is 1.89. The Morgan fingerprint density at radius 3 is 2.39 bits per heavy atom. The molecule has 108 valence electrons. The smallest absolute Gasteiger partial charge is 0.0894 e. The Bertz CT molecular complexity index is 1160. The number of thiophene rings is 1. The summed E-state index contributed by atoms with van der Waals surface area (Å²) < 4.78 is 2.60. The molecule has 0 N–H and O–H groups in total. The molecule has 23 heavy (non-hydrogen) atoms. The predicted octanol–water partition coefficient (Wildman–Crippen LogP) is 6.27. The predicted molar refractivity (Wildman–Crippen MR) is 100 cm³/mol. The molecule has 0 aliphatic rings. The van der Waals surface area contributed by atoms with Crippen LogP contribution in [0.4, 0.5) is 0 Å². The first kappa shape index (κ1) is 12.8. The molecule has 0 aliphatic heterocycles. The van der Waals surface area contributed by atoms with E-state index in [-0.39, 0.29) is 0 Å². The summed E-state index contributed by atoms with van der Waals surface area (Å²) >= 11 is 1.85. The van der Waals surface area contributed by atoms with Gasteiger partial charge in [0.15, 0.2) is 0 Å². The molecule has 0 saturated carbocycles. The van der Waals surface area contributed by atoms with E-state index in [2.05, 4.69) is 77.8 Å². The number of aromatic nitrogens is 1. The maximum absolute atomic E-state index is 4.67. The van der Waals surface area contributed by atoms with E-state index in [0.29, 0.717) is 0 Å². The minimum Gasteiger partial charge on any atom is -0.255 e. The number of rotatable bonds is 1. The number of pyridine rings is 1. The van der Waals surface area contributed by atoms with Gasteiger partial charge in [-0.2, -0.15) is 0 Å². The van der Waals surface area contributed by atoms with Gasteiger partial charge < -0.3 is 0 Å². The summed E-state index contributed by atoms with van der Waals surface area (Å²) in [6, 6.07) is 25.7. The van der Waals surface area contributed by atoms with Gasteiger partial charge in [-0.15, -0.1) is 11.3 Å². The van der Waals surface area contributed by atoms with Gasteiger partial charge in [0.2, 0.25) is 0 Å². The molecule has 1 nitrogen and oxygen atoms in total. The van der Waals surface area contributed by atoms with Crippen LogP contribution in [-0.2, 0) is 0 Å². The van der Waals surface area contributed by atoms with Gasteiger partial charge in [-0.3, -0.25) is 4.98 Å². The van der Waals surface area contributed by atoms with Gasteiger partial charge in [-0.1, -0.05) is 66.7 Å². The fourth-order valence-corrected chi connectivity index (χ4v) is 4.56. The van der Waals surface area contributed by atoms with E-state index in [0.717, 1.165) is 5.52 Å². The lowest BCUT2D eigenvalue weighted by Crippen LogP contribution is -1.80. The number of fused-ring (bicyclic) bond motifs is 5. The van der Waals surface area contributed by atoms with Gasteiger partial charge in [0.1, 0.15) is 0 Å². The monoisotopic (exact) mass is 311 g/mol. The molecule has 0 spiro atoms. The van der Waals surface area contributed by atoms with Crippen molar-refractivity contribution in [2.75, 3.05) is 0 Å². The average Bonchev–Trinajstić information content (AvgIpc) is 3.01.